The number of methoxy groups -OCH3 is 1. The SMILES string of the molecule is COc1ccc(C(=O)O)c(-c2ccc(O)cc2)c1C12CC3CC(CC(C3)C1)C2. The molecule has 4 fully saturated rings. The van der Waals surface area contributed by atoms with Crippen molar-refractivity contribution in [3.05, 3.63) is 47.5 Å². The van der Waals surface area contributed by atoms with Crippen LogP contribution in [-0.4, -0.2) is 23.3 Å². The predicted octanol–water partition coefficient (Wildman–Crippen LogP) is 5.23. The zero-order chi connectivity index (χ0) is 19.5. The fourth-order valence-corrected chi connectivity index (χ4v) is 6.80. The third-order valence-corrected chi connectivity index (χ3v) is 7.34. The number of aromatic hydroxyl groups is 1. The fourth-order valence-electron chi connectivity index (χ4n) is 6.80. The number of hydrogen-bond donors (Lipinski definition) is 2. The van der Waals surface area contributed by atoms with Crippen molar-refractivity contribution < 1.29 is 19.7 Å². The Morgan fingerprint density at radius 2 is 1.54 bits per heavy atom. The van der Waals surface area contributed by atoms with Gasteiger partial charge in [-0.2, -0.15) is 0 Å². The van der Waals surface area contributed by atoms with Crippen molar-refractivity contribution in [3.63, 3.8) is 0 Å². The minimum Gasteiger partial charge on any atom is -0.508 e. The Labute approximate surface area is 165 Å². The van der Waals surface area contributed by atoms with Gasteiger partial charge in [0.05, 0.1) is 12.7 Å². The van der Waals surface area contributed by atoms with Crippen LogP contribution >= 0.6 is 0 Å². The highest BCUT2D eigenvalue weighted by molar-refractivity contribution is 5.98. The van der Waals surface area contributed by atoms with Gasteiger partial charge in [-0.25, -0.2) is 4.79 Å². The van der Waals surface area contributed by atoms with Crippen molar-refractivity contribution in [2.45, 2.75) is 43.9 Å². The number of hydrogen-bond acceptors (Lipinski definition) is 3. The maximum absolute atomic E-state index is 12.2. The summed E-state index contributed by atoms with van der Waals surface area (Å²) in [6, 6.07) is 10.4. The number of phenolic OH excluding ortho intramolecular Hbond substituents is 1. The van der Waals surface area contributed by atoms with Gasteiger partial charge < -0.3 is 14.9 Å². The number of ether oxygens (including phenoxy) is 1. The quantitative estimate of drug-likeness (QED) is 0.764. The average Bonchev–Trinajstić information content (AvgIpc) is 2.66. The Hall–Kier alpha value is -2.49. The van der Waals surface area contributed by atoms with Gasteiger partial charge in [0.25, 0.3) is 0 Å². The predicted molar refractivity (Wildman–Crippen MR) is 107 cm³/mol. The van der Waals surface area contributed by atoms with Crippen molar-refractivity contribution >= 4 is 5.97 Å². The molecule has 0 aliphatic heterocycles. The molecule has 2 aromatic carbocycles. The molecular formula is C24H26O4. The molecule has 28 heavy (non-hydrogen) atoms. The number of benzene rings is 2. The highest BCUT2D eigenvalue weighted by Crippen LogP contribution is 2.63. The molecule has 0 unspecified atom stereocenters. The lowest BCUT2D eigenvalue weighted by atomic mass is 9.47. The molecule has 4 aliphatic rings. The molecule has 146 valence electrons. The molecule has 0 radical (unpaired) electrons. The van der Waals surface area contributed by atoms with Crippen LogP contribution in [0.5, 0.6) is 11.5 Å². The molecule has 4 aliphatic carbocycles. The van der Waals surface area contributed by atoms with E-state index in [0.717, 1.165) is 59.5 Å². The molecule has 2 N–H and O–H groups in total. The second-order valence-electron chi connectivity index (χ2n) is 9.12. The second kappa shape index (κ2) is 6.26. The maximum Gasteiger partial charge on any atom is 0.336 e. The van der Waals surface area contributed by atoms with E-state index in [0.29, 0.717) is 5.56 Å². The van der Waals surface area contributed by atoms with Gasteiger partial charge in [-0.05, 0) is 86.1 Å². The standard InChI is InChI=1S/C24H26O4/c1-28-20-7-6-19(23(26)27)21(17-2-4-18(25)5-3-17)22(20)24-11-14-8-15(12-24)10-16(9-14)13-24/h2-7,14-16,25H,8-13H2,1H3,(H,26,27). The summed E-state index contributed by atoms with van der Waals surface area (Å²) in [5.74, 6) is 2.30. The van der Waals surface area contributed by atoms with Gasteiger partial charge in [0.1, 0.15) is 11.5 Å². The number of carboxylic acid groups (broad SMARTS) is 1. The lowest BCUT2D eigenvalue weighted by Crippen LogP contribution is -2.49. The van der Waals surface area contributed by atoms with E-state index in [1.807, 2.05) is 18.2 Å². The molecule has 2 aromatic rings. The van der Waals surface area contributed by atoms with Crippen LogP contribution < -0.4 is 4.74 Å². The number of carboxylic acids is 1. The van der Waals surface area contributed by atoms with E-state index in [9.17, 15) is 15.0 Å². The molecule has 0 atom stereocenters. The van der Waals surface area contributed by atoms with Gasteiger partial charge in [-0.3, -0.25) is 0 Å². The summed E-state index contributed by atoms with van der Waals surface area (Å²) in [5.41, 5.74) is 3.00. The van der Waals surface area contributed by atoms with Crippen molar-refractivity contribution in [2.75, 3.05) is 7.11 Å². The lowest BCUT2D eigenvalue weighted by Gasteiger charge is -2.57. The third-order valence-electron chi connectivity index (χ3n) is 7.34. The van der Waals surface area contributed by atoms with Crippen molar-refractivity contribution in [3.8, 4) is 22.6 Å². The normalized spacial score (nSPS) is 30.4. The van der Waals surface area contributed by atoms with E-state index in [1.54, 1.807) is 25.3 Å². The Morgan fingerprint density at radius 3 is 2.04 bits per heavy atom. The minimum atomic E-state index is -0.920. The van der Waals surface area contributed by atoms with E-state index in [-0.39, 0.29) is 11.2 Å². The summed E-state index contributed by atoms with van der Waals surface area (Å²) < 4.78 is 5.81. The Kier molecular flexibility index (Phi) is 3.94. The molecule has 0 aromatic heterocycles. The zero-order valence-corrected chi connectivity index (χ0v) is 16.1. The Morgan fingerprint density at radius 1 is 0.964 bits per heavy atom. The van der Waals surface area contributed by atoms with E-state index in [1.165, 1.54) is 19.3 Å². The molecule has 0 saturated heterocycles. The second-order valence-corrected chi connectivity index (χ2v) is 9.12. The summed E-state index contributed by atoms with van der Waals surface area (Å²) in [5, 5.41) is 19.7. The molecule has 0 spiro atoms. The topological polar surface area (TPSA) is 66.8 Å². The first-order chi connectivity index (χ1) is 13.5. The van der Waals surface area contributed by atoms with Gasteiger partial charge in [0.15, 0.2) is 0 Å². The largest absolute Gasteiger partial charge is 0.508 e. The van der Waals surface area contributed by atoms with Crippen LogP contribution in [0.4, 0.5) is 0 Å². The summed E-state index contributed by atoms with van der Waals surface area (Å²) in [6.07, 6.45) is 7.37. The van der Waals surface area contributed by atoms with Crippen LogP contribution in [0.3, 0.4) is 0 Å². The first-order valence-corrected chi connectivity index (χ1v) is 10.2. The summed E-state index contributed by atoms with van der Waals surface area (Å²) in [7, 11) is 1.68. The van der Waals surface area contributed by atoms with Crippen LogP contribution in [-0.2, 0) is 5.41 Å². The Balaban J connectivity index is 1.78. The first-order valence-electron chi connectivity index (χ1n) is 10.2. The van der Waals surface area contributed by atoms with Gasteiger partial charge in [-0.1, -0.05) is 12.1 Å². The van der Waals surface area contributed by atoms with E-state index in [2.05, 4.69) is 0 Å². The van der Waals surface area contributed by atoms with Crippen LogP contribution in [0.15, 0.2) is 36.4 Å². The van der Waals surface area contributed by atoms with E-state index < -0.39 is 5.97 Å². The van der Waals surface area contributed by atoms with Gasteiger partial charge in [-0.15, -0.1) is 0 Å². The monoisotopic (exact) mass is 378 g/mol. The van der Waals surface area contributed by atoms with Gasteiger partial charge in [0.2, 0.25) is 0 Å². The van der Waals surface area contributed by atoms with Crippen molar-refractivity contribution in [2.24, 2.45) is 17.8 Å². The molecule has 6 rings (SSSR count). The smallest absolute Gasteiger partial charge is 0.336 e. The minimum absolute atomic E-state index is 0.00122. The van der Waals surface area contributed by atoms with Gasteiger partial charge in [0, 0.05) is 16.5 Å². The van der Waals surface area contributed by atoms with Crippen molar-refractivity contribution in [1.82, 2.24) is 0 Å². The molecular weight excluding hydrogens is 352 g/mol. The number of phenols is 1. The van der Waals surface area contributed by atoms with Crippen LogP contribution in [0, 0.1) is 17.8 Å². The van der Waals surface area contributed by atoms with E-state index in [4.69, 9.17) is 4.74 Å². The highest BCUT2D eigenvalue weighted by Gasteiger charge is 2.53. The van der Waals surface area contributed by atoms with Crippen LogP contribution in [0.1, 0.15) is 54.4 Å². The first kappa shape index (κ1) is 17.6. The van der Waals surface area contributed by atoms with Crippen LogP contribution in [0.2, 0.25) is 0 Å². The summed E-state index contributed by atoms with van der Waals surface area (Å²) >= 11 is 0. The lowest BCUT2D eigenvalue weighted by molar-refractivity contribution is -0.00590. The van der Waals surface area contributed by atoms with Crippen molar-refractivity contribution in [1.29, 1.82) is 0 Å². The molecule has 0 heterocycles. The molecule has 4 nitrogen and oxygen atoms in total. The highest BCUT2D eigenvalue weighted by atomic mass is 16.5. The summed E-state index contributed by atoms with van der Waals surface area (Å²) in [4.78, 5) is 12.2. The molecule has 4 heteroatoms. The third kappa shape index (κ3) is 2.61. The summed E-state index contributed by atoms with van der Waals surface area (Å²) in [6.45, 7) is 0. The zero-order valence-electron chi connectivity index (χ0n) is 16.1. The molecule has 0 amide bonds. The number of rotatable bonds is 4. The Bertz CT molecular complexity index is 893. The molecule has 4 saturated carbocycles. The van der Waals surface area contributed by atoms with E-state index >= 15 is 0 Å². The number of carbonyl (C=O) groups is 1. The molecule has 4 bridgehead atoms. The van der Waals surface area contributed by atoms with Crippen LogP contribution in [0.25, 0.3) is 11.1 Å². The van der Waals surface area contributed by atoms with Gasteiger partial charge >= 0.3 is 5.97 Å². The fraction of sp³-hybridized carbons (Fsp3) is 0.458. The maximum atomic E-state index is 12.2. The number of aromatic carboxylic acids is 1. The average molecular weight is 378 g/mol.